The second-order valence-corrected chi connectivity index (χ2v) is 9.17. The van der Waals surface area contributed by atoms with Crippen molar-refractivity contribution in [3.8, 4) is 0 Å². The molecule has 28 heavy (non-hydrogen) atoms. The summed E-state index contributed by atoms with van der Waals surface area (Å²) in [5, 5.41) is 10.6. The van der Waals surface area contributed by atoms with Gasteiger partial charge >= 0.3 is 5.97 Å². The highest BCUT2D eigenvalue weighted by atomic mass is 32.1. The average Bonchev–Trinajstić information content (AvgIpc) is 3.12. The number of rotatable bonds is 5. The summed E-state index contributed by atoms with van der Waals surface area (Å²) in [6.45, 7) is 6.08. The Bertz CT molecular complexity index is 919. The average molecular weight is 394 g/mol. The molecule has 4 rings (SSSR count). The molecule has 146 valence electrons. The lowest BCUT2D eigenvalue weighted by molar-refractivity contribution is -0.143. The Labute approximate surface area is 170 Å². The van der Waals surface area contributed by atoms with E-state index in [-0.39, 0.29) is 12.0 Å². The SMILES string of the molecule is CC(C)c1ccc(C(c2cc3ccccc3s2)N2CCC(C(=O)O)CC2)cc1. The van der Waals surface area contributed by atoms with Gasteiger partial charge in [-0.05, 0) is 60.5 Å². The third-order valence-corrected chi connectivity index (χ3v) is 7.05. The lowest BCUT2D eigenvalue weighted by Gasteiger charge is -2.36. The highest BCUT2D eigenvalue weighted by molar-refractivity contribution is 7.19. The van der Waals surface area contributed by atoms with Crippen LogP contribution in [-0.4, -0.2) is 29.1 Å². The minimum absolute atomic E-state index is 0.188. The number of carboxylic acids is 1. The Morgan fingerprint density at radius 1 is 1.04 bits per heavy atom. The number of aliphatic carboxylic acids is 1. The molecule has 0 radical (unpaired) electrons. The number of carboxylic acid groups (broad SMARTS) is 1. The van der Waals surface area contributed by atoms with Crippen LogP contribution < -0.4 is 0 Å². The van der Waals surface area contributed by atoms with Gasteiger partial charge in [0.1, 0.15) is 0 Å². The molecule has 0 saturated carbocycles. The van der Waals surface area contributed by atoms with Gasteiger partial charge in [0.25, 0.3) is 0 Å². The third kappa shape index (κ3) is 3.85. The van der Waals surface area contributed by atoms with E-state index in [1.54, 1.807) is 0 Å². The van der Waals surface area contributed by atoms with Gasteiger partial charge in [-0.15, -0.1) is 11.3 Å². The fourth-order valence-electron chi connectivity index (χ4n) is 4.16. The summed E-state index contributed by atoms with van der Waals surface area (Å²) in [5.74, 6) is -0.342. The number of hydrogen-bond donors (Lipinski definition) is 1. The number of piperidine rings is 1. The van der Waals surface area contributed by atoms with Crippen LogP contribution in [0.4, 0.5) is 0 Å². The summed E-state index contributed by atoms with van der Waals surface area (Å²) < 4.78 is 1.31. The van der Waals surface area contributed by atoms with Gasteiger partial charge in [0, 0.05) is 9.58 Å². The molecule has 1 aromatic heterocycles. The van der Waals surface area contributed by atoms with Crippen LogP contribution in [0.5, 0.6) is 0 Å². The Kier molecular flexibility index (Phi) is 5.51. The maximum Gasteiger partial charge on any atom is 0.306 e. The van der Waals surface area contributed by atoms with E-state index in [1.165, 1.54) is 26.1 Å². The first-order valence-corrected chi connectivity index (χ1v) is 10.9. The highest BCUT2D eigenvalue weighted by Crippen LogP contribution is 2.39. The molecule has 1 aliphatic heterocycles. The van der Waals surface area contributed by atoms with Crippen LogP contribution in [0.2, 0.25) is 0 Å². The van der Waals surface area contributed by atoms with Crippen molar-refractivity contribution < 1.29 is 9.90 Å². The van der Waals surface area contributed by atoms with Crippen LogP contribution in [0.15, 0.2) is 54.6 Å². The zero-order chi connectivity index (χ0) is 19.7. The van der Waals surface area contributed by atoms with Gasteiger partial charge in [-0.1, -0.05) is 56.3 Å². The number of fused-ring (bicyclic) bond motifs is 1. The molecule has 0 amide bonds. The van der Waals surface area contributed by atoms with Crippen molar-refractivity contribution in [2.24, 2.45) is 5.92 Å². The number of carbonyl (C=O) groups is 1. The molecular formula is C24H27NO2S. The van der Waals surface area contributed by atoms with Crippen molar-refractivity contribution in [3.63, 3.8) is 0 Å². The van der Waals surface area contributed by atoms with Gasteiger partial charge in [-0.25, -0.2) is 0 Å². The Morgan fingerprint density at radius 2 is 1.68 bits per heavy atom. The first-order valence-electron chi connectivity index (χ1n) is 10.1. The zero-order valence-electron chi connectivity index (χ0n) is 16.5. The fourth-order valence-corrected chi connectivity index (χ4v) is 5.39. The van der Waals surface area contributed by atoms with Crippen LogP contribution in [0.25, 0.3) is 10.1 Å². The van der Waals surface area contributed by atoms with E-state index < -0.39 is 5.97 Å². The standard InChI is InChI=1S/C24H27NO2S/c1-16(2)17-7-9-18(10-8-17)23(25-13-11-19(12-14-25)24(26)27)22-15-20-5-3-4-6-21(20)28-22/h3-10,15-16,19,23H,11-14H2,1-2H3,(H,26,27). The summed E-state index contributed by atoms with van der Waals surface area (Å²) >= 11 is 1.85. The summed E-state index contributed by atoms with van der Waals surface area (Å²) in [6.07, 6.45) is 1.45. The Balaban J connectivity index is 1.69. The second-order valence-electron chi connectivity index (χ2n) is 8.06. The normalized spacial score (nSPS) is 17.2. The van der Waals surface area contributed by atoms with Crippen LogP contribution in [0.1, 0.15) is 54.7 Å². The van der Waals surface area contributed by atoms with Crippen molar-refractivity contribution in [2.75, 3.05) is 13.1 Å². The minimum atomic E-state index is -0.653. The minimum Gasteiger partial charge on any atom is -0.481 e. The predicted octanol–water partition coefficient (Wildman–Crippen LogP) is 5.91. The summed E-state index contributed by atoms with van der Waals surface area (Å²) in [5.41, 5.74) is 2.65. The van der Waals surface area contributed by atoms with Crippen LogP contribution in [0.3, 0.4) is 0 Å². The van der Waals surface area contributed by atoms with Crippen LogP contribution in [-0.2, 0) is 4.79 Å². The highest BCUT2D eigenvalue weighted by Gasteiger charge is 2.31. The summed E-state index contributed by atoms with van der Waals surface area (Å²) in [7, 11) is 0. The van der Waals surface area contributed by atoms with Crippen molar-refractivity contribution in [1.29, 1.82) is 0 Å². The molecule has 1 fully saturated rings. The molecule has 1 saturated heterocycles. The second kappa shape index (κ2) is 8.06. The van der Waals surface area contributed by atoms with Gasteiger partial charge < -0.3 is 5.11 Å². The maximum atomic E-state index is 11.4. The van der Waals surface area contributed by atoms with Crippen LogP contribution in [0, 0.1) is 5.92 Å². The molecule has 2 heterocycles. The summed E-state index contributed by atoms with van der Waals surface area (Å²) in [4.78, 5) is 15.2. The van der Waals surface area contributed by atoms with Crippen molar-refractivity contribution in [1.82, 2.24) is 4.90 Å². The van der Waals surface area contributed by atoms with E-state index in [0.29, 0.717) is 5.92 Å². The largest absolute Gasteiger partial charge is 0.481 e. The van der Waals surface area contributed by atoms with Crippen molar-refractivity contribution in [2.45, 2.75) is 38.6 Å². The van der Waals surface area contributed by atoms with Gasteiger partial charge in [0.05, 0.1) is 12.0 Å². The molecule has 3 aromatic rings. The molecule has 1 aliphatic rings. The number of benzene rings is 2. The van der Waals surface area contributed by atoms with Gasteiger partial charge in [0.15, 0.2) is 0 Å². The molecule has 3 nitrogen and oxygen atoms in total. The lowest BCUT2D eigenvalue weighted by Crippen LogP contribution is -2.39. The van der Waals surface area contributed by atoms with E-state index in [0.717, 1.165) is 25.9 Å². The smallest absolute Gasteiger partial charge is 0.306 e. The Morgan fingerprint density at radius 3 is 2.29 bits per heavy atom. The van der Waals surface area contributed by atoms with Crippen molar-refractivity contribution in [3.05, 3.63) is 70.6 Å². The van der Waals surface area contributed by atoms with Crippen LogP contribution >= 0.6 is 11.3 Å². The molecule has 2 aromatic carbocycles. The monoisotopic (exact) mass is 393 g/mol. The van der Waals surface area contributed by atoms with Crippen molar-refractivity contribution >= 4 is 27.4 Å². The quantitative estimate of drug-likeness (QED) is 0.586. The lowest BCUT2D eigenvalue weighted by atomic mass is 9.92. The van der Waals surface area contributed by atoms with Gasteiger partial charge in [-0.3, -0.25) is 9.69 Å². The number of nitrogens with zero attached hydrogens (tertiary/aromatic N) is 1. The number of hydrogen-bond acceptors (Lipinski definition) is 3. The molecule has 1 atom stereocenters. The van der Waals surface area contributed by atoms with Gasteiger partial charge in [0.2, 0.25) is 0 Å². The number of thiophene rings is 1. The van der Waals surface area contributed by atoms with E-state index in [2.05, 4.69) is 73.3 Å². The molecule has 0 spiro atoms. The maximum absolute atomic E-state index is 11.4. The van der Waals surface area contributed by atoms with E-state index in [4.69, 9.17) is 0 Å². The molecule has 4 heteroatoms. The summed E-state index contributed by atoms with van der Waals surface area (Å²) in [6, 6.07) is 20.0. The predicted molar refractivity (Wildman–Crippen MR) is 116 cm³/mol. The molecule has 0 aliphatic carbocycles. The third-order valence-electron chi connectivity index (χ3n) is 5.88. The first-order chi connectivity index (χ1) is 13.5. The van der Waals surface area contributed by atoms with E-state index >= 15 is 0 Å². The fraction of sp³-hybridized carbons (Fsp3) is 0.375. The molecular weight excluding hydrogens is 366 g/mol. The molecule has 1 N–H and O–H groups in total. The number of likely N-dealkylation sites (tertiary alicyclic amines) is 1. The topological polar surface area (TPSA) is 40.5 Å². The molecule has 1 unspecified atom stereocenters. The molecule has 0 bridgehead atoms. The van der Waals surface area contributed by atoms with E-state index in [9.17, 15) is 9.90 Å². The van der Waals surface area contributed by atoms with Gasteiger partial charge in [-0.2, -0.15) is 0 Å². The first kappa shape index (κ1) is 19.2. The Hall–Kier alpha value is -2.17. The zero-order valence-corrected chi connectivity index (χ0v) is 17.3. The van der Waals surface area contributed by atoms with E-state index in [1.807, 2.05) is 11.3 Å².